The number of fused-ring (bicyclic) bond motifs is 1. The summed E-state index contributed by atoms with van der Waals surface area (Å²) in [5.41, 5.74) is -1.11. The van der Waals surface area contributed by atoms with Gasteiger partial charge in [-0.15, -0.1) is 0 Å². The van der Waals surface area contributed by atoms with Crippen molar-refractivity contribution in [1.29, 1.82) is 0 Å². The normalized spacial score (nSPS) is 17.4. The first-order chi connectivity index (χ1) is 17.0. The van der Waals surface area contributed by atoms with E-state index >= 15 is 0 Å². The molecule has 0 spiro atoms. The van der Waals surface area contributed by atoms with Gasteiger partial charge in [0, 0.05) is 22.7 Å². The molecule has 12 heteroatoms. The fourth-order valence-corrected chi connectivity index (χ4v) is 4.12. The van der Waals surface area contributed by atoms with Crippen molar-refractivity contribution in [2.75, 3.05) is 6.61 Å². The summed E-state index contributed by atoms with van der Waals surface area (Å²) in [6, 6.07) is 10.5. The monoisotopic (exact) mass is 522 g/mol. The smallest absolute Gasteiger partial charge is 0.545 e. The molecule has 0 saturated carbocycles. The van der Waals surface area contributed by atoms with Gasteiger partial charge in [-0.25, -0.2) is 4.79 Å². The standard InChI is InChI=1S/C25H19F3N2O6.Na/c26-25(27,28)19-4-2-1-3-16(19)20-10-14-6-5-13(9-17(14)24(35)30-20)18-11-15(29-23(18)34)12-36-22(33)8-7-21(31)32;/h1-10,15,18H,11-12H2,(H,29,34)(H,30,35)(H,31,32);/q;+1/p-1/b8-7+;/t15?,18-;/m1./s1. The predicted molar refractivity (Wildman–Crippen MR) is 119 cm³/mol. The Morgan fingerprint density at radius 2 is 1.81 bits per heavy atom. The van der Waals surface area contributed by atoms with Crippen molar-refractivity contribution >= 4 is 28.6 Å². The van der Waals surface area contributed by atoms with Crippen LogP contribution in [0.3, 0.4) is 0 Å². The molecular weight excluding hydrogens is 504 g/mol. The van der Waals surface area contributed by atoms with Crippen LogP contribution < -0.4 is 45.5 Å². The minimum Gasteiger partial charge on any atom is -0.545 e. The second-order valence-electron chi connectivity index (χ2n) is 8.18. The van der Waals surface area contributed by atoms with Crippen molar-refractivity contribution in [3.63, 3.8) is 0 Å². The van der Waals surface area contributed by atoms with Crippen molar-refractivity contribution in [3.05, 3.63) is 82.2 Å². The van der Waals surface area contributed by atoms with Crippen LogP contribution in [0.1, 0.15) is 23.5 Å². The first-order valence-corrected chi connectivity index (χ1v) is 10.7. The predicted octanol–water partition coefficient (Wildman–Crippen LogP) is -0.961. The largest absolute Gasteiger partial charge is 1.00 e. The summed E-state index contributed by atoms with van der Waals surface area (Å²) in [7, 11) is 0. The maximum atomic E-state index is 13.4. The van der Waals surface area contributed by atoms with E-state index in [1.165, 1.54) is 30.3 Å². The van der Waals surface area contributed by atoms with Gasteiger partial charge in [-0.05, 0) is 41.6 Å². The zero-order valence-corrected chi connectivity index (χ0v) is 21.4. The van der Waals surface area contributed by atoms with Gasteiger partial charge in [-0.3, -0.25) is 9.59 Å². The topological polar surface area (TPSA) is 128 Å². The average Bonchev–Trinajstić information content (AvgIpc) is 3.21. The molecule has 4 rings (SSSR count). The number of rotatable bonds is 6. The van der Waals surface area contributed by atoms with Crippen LogP contribution in [0.2, 0.25) is 0 Å². The molecule has 0 bridgehead atoms. The fraction of sp³-hybridized carbons (Fsp3) is 0.200. The first-order valence-electron chi connectivity index (χ1n) is 10.7. The molecular formula is C25H18F3N2NaO6. The Labute approximate surface area is 229 Å². The van der Waals surface area contributed by atoms with E-state index in [0.717, 1.165) is 6.07 Å². The molecule has 1 saturated heterocycles. The number of benzene rings is 2. The molecule has 2 aromatic carbocycles. The van der Waals surface area contributed by atoms with Crippen LogP contribution in [0.15, 0.2) is 65.5 Å². The second kappa shape index (κ2) is 11.3. The second-order valence-corrected chi connectivity index (χ2v) is 8.18. The molecule has 1 amide bonds. The quantitative estimate of drug-likeness (QED) is 0.244. The van der Waals surface area contributed by atoms with E-state index in [9.17, 15) is 37.5 Å². The number of H-pyrrole nitrogens is 1. The number of carboxylic acid groups (broad SMARTS) is 1. The number of carbonyl (C=O) groups excluding carboxylic acids is 3. The van der Waals surface area contributed by atoms with Gasteiger partial charge in [-0.1, -0.05) is 30.3 Å². The van der Waals surface area contributed by atoms with Gasteiger partial charge in [0.2, 0.25) is 5.91 Å². The summed E-state index contributed by atoms with van der Waals surface area (Å²) in [5, 5.41) is 13.6. The summed E-state index contributed by atoms with van der Waals surface area (Å²) in [4.78, 5) is 49.6. The van der Waals surface area contributed by atoms with Crippen molar-refractivity contribution in [2.45, 2.75) is 24.6 Å². The van der Waals surface area contributed by atoms with E-state index in [2.05, 4.69) is 10.3 Å². The number of pyridine rings is 1. The third-order valence-corrected chi connectivity index (χ3v) is 5.76. The van der Waals surface area contributed by atoms with E-state index in [1.54, 1.807) is 12.1 Å². The molecule has 2 atom stereocenters. The number of aromatic amines is 1. The van der Waals surface area contributed by atoms with E-state index in [0.29, 0.717) is 23.1 Å². The molecule has 1 aliphatic heterocycles. The Hall–Kier alpha value is -3.41. The maximum Gasteiger partial charge on any atom is 1.00 e. The van der Waals surface area contributed by atoms with Gasteiger partial charge in [0.1, 0.15) is 6.61 Å². The summed E-state index contributed by atoms with van der Waals surface area (Å²) in [6.07, 6.45) is -3.13. The number of alkyl halides is 3. The van der Waals surface area contributed by atoms with Gasteiger partial charge in [0.25, 0.3) is 5.56 Å². The Balaban J connectivity index is 0.00000380. The number of aliphatic carboxylic acids is 1. The van der Waals surface area contributed by atoms with Gasteiger partial charge in [-0.2, -0.15) is 13.2 Å². The van der Waals surface area contributed by atoms with Crippen LogP contribution in [0.5, 0.6) is 0 Å². The average molecular weight is 522 g/mol. The molecule has 1 fully saturated rings. The SMILES string of the molecule is O=C([O-])/C=C/C(=O)OCC1C[C@H](c2ccc3cc(-c4ccccc4C(F)(F)F)[nH]c(=O)c3c2)C(=O)N1.[Na+]. The van der Waals surface area contributed by atoms with Crippen LogP contribution in [-0.4, -0.2) is 35.5 Å². The fourth-order valence-electron chi connectivity index (χ4n) is 4.12. The summed E-state index contributed by atoms with van der Waals surface area (Å²) in [5.74, 6) is -3.46. The van der Waals surface area contributed by atoms with Gasteiger partial charge in [0.05, 0.1) is 23.5 Å². The van der Waals surface area contributed by atoms with Crippen molar-refractivity contribution in [2.24, 2.45) is 0 Å². The molecule has 186 valence electrons. The van der Waals surface area contributed by atoms with Gasteiger partial charge in [0.15, 0.2) is 0 Å². The van der Waals surface area contributed by atoms with E-state index in [4.69, 9.17) is 4.74 Å². The Bertz CT molecular complexity index is 1450. The summed E-state index contributed by atoms with van der Waals surface area (Å²) >= 11 is 0. The van der Waals surface area contributed by atoms with Crippen LogP contribution in [0.4, 0.5) is 13.2 Å². The van der Waals surface area contributed by atoms with E-state index in [-0.39, 0.29) is 65.1 Å². The van der Waals surface area contributed by atoms with E-state index < -0.39 is 41.2 Å². The zero-order valence-electron chi connectivity index (χ0n) is 19.4. The van der Waals surface area contributed by atoms with Crippen LogP contribution >= 0.6 is 0 Å². The third-order valence-electron chi connectivity index (χ3n) is 5.76. The molecule has 1 unspecified atom stereocenters. The number of nitrogens with one attached hydrogen (secondary N) is 2. The number of hydrogen-bond donors (Lipinski definition) is 2. The van der Waals surface area contributed by atoms with Crippen molar-refractivity contribution in [3.8, 4) is 11.3 Å². The Kier molecular flexibility index (Phi) is 8.62. The molecule has 2 N–H and O–H groups in total. The molecule has 0 aliphatic carbocycles. The Morgan fingerprint density at radius 3 is 2.51 bits per heavy atom. The first kappa shape index (κ1) is 28.2. The number of ether oxygens (including phenoxy) is 1. The van der Waals surface area contributed by atoms with E-state index in [1.807, 2.05) is 0 Å². The number of carboxylic acids is 1. The summed E-state index contributed by atoms with van der Waals surface area (Å²) in [6.45, 7) is -0.186. The van der Waals surface area contributed by atoms with Gasteiger partial charge < -0.3 is 24.9 Å². The van der Waals surface area contributed by atoms with Crippen LogP contribution in [-0.2, 0) is 25.3 Å². The van der Waals surface area contributed by atoms with Crippen molar-refractivity contribution in [1.82, 2.24) is 10.3 Å². The van der Waals surface area contributed by atoms with Crippen LogP contribution in [0, 0.1) is 0 Å². The minimum atomic E-state index is -4.60. The molecule has 1 aliphatic rings. The van der Waals surface area contributed by atoms with Gasteiger partial charge >= 0.3 is 41.7 Å². The molecule has 8 nitrogen and oxygen atoms in total. The molecule has 0 radical (unpaired) electrons. The number of carbonyl (C=O) groups is 3. The maximum absolute atomic E-state index is 13.4. The zero-order chi connectivity index (χ0) is 26.0. The molecule has 1 aromatic heterocycles. The van der Waals surface area contributed by atoms with Crippen LogP contribution in [0.25, 0.3) is 22.0 Å². The Morgan fingerprint density at radius 1 is 1.08 bits per heavy atom. The number of amides is 1. The molecule has 3 aromatic rings. The number of hydrogen-bond acceptors (Lipinski definition) is 6. The number of halogens is 3. The van der Waals surface area contributed by atoms with Crippen molar-refractivity contribution < 1.29 is 67.0 Å². The minimum absolute atomic E-state index is 0. The number of esters is 1. The summed E-state index contributed by atoms with van der Waals surface area (Å²) < 4.78 is 45.2. The third kappa shape index (κ3) is 6.48. The molecule has 37 heavy (non-hydrogen) atoms. The molecule has 2 heterocycles. The number of aromatic nitrogens is 1.